The summed E-state index contributed by atoms with van der Waals surface area (Å²) in [4.78, 5) is 4.23. The molecule has 0 N–H and O–H groups in total. The van der Waals surface area contributed by atoms with Gasteiger partial charge in [0.05, 0.1) is 16.7 Å². The molecule has 24 heteroatoms. The molecule has 5 rings (SSSR count). The van der Waals surface area contributed by atoms with Crippen molar-refractivity contribution < 1.29 is 84.1 Å². The number of rotatable bonds is 5. The maximum atomic E-state index is 16.1. The Bertz CT molecular complexity index is 2670. The summed E-state index contributed by atoms with van der Waals surface area (Å²) in [6.07, 6.45) is -14.7. The molecule has 300 valence electrons. The fourth-order valence-corrected chi connectivity index (χ4v) is 7.22. The molecular weight excluding hydrogens is 851 g/mol. The molecule has 3 aromatic carbocycles. The van der Waals surface area contributed by atoms with E-state index in [1.54, 1.807) is 0 Å². The molecule has 6 nitrogen and oxygen atoms in total. The fourth-order valence-electron chi connectivity index (χ4n) is 6.36. The van der Waals surface area contributed by atoms with Gasteiger partial charge >= 0.3 is 24.1 Å². The molecule has 0 saturated carbocycles. The van der Waals surface area contributed by atoms with Crippen LogP contribution in [0.2, 0.25) is 0 Å². The number of hydrogen-bond acceptors (Lipinski definition) is 5. The highest BCUT2D eigenvalue weighted by atomic mass is 32.2. The standard InChI is InChI=1S/C34H7F17N4O2S/c1-8-10(31(54-2)55-3)4-12-14(8)15(18-20(35)24(39)28(25(40)21(18)36)56-32(43,44)45)13-5-11(9(6-52)7-53)30(58-34(49,50)51)17(13)16(12)19-22(37)26(41)29(27(42)23(19)38)57-33(46,47)48/h4-5H2,1H3. The number of benzene rings is 3. The van der Waals surface area contributed by atoms with Crippen LogP contribution in [0.25, 0.3) is 42.4 Å². The van der Waals surface area contributed by atoms with E-state index in [2.05, 4.69) is 19.2 Å². The van der Waals surface area contributed by atoms with Crippen molar-refractivity contribution in [2.24, 2.45) is 0 Å². The van der Waals surface area contributed by atoms with Crippen LogP contribution < -0.4 is 19.9 Å². The van der Waals surface area contributed by atoms with Crippen LogP contribution >= 0.6 is 11.8 Å². The first-order valence-electron chi connectivity index (χ1n) is 14.7. The highest BCUT2D eigenvalue weighted by Crippen LogP contribution is 2.49. The number of allylic oxidation sites excluding steroid dienone is 2. The van der Waals surface area contributed by atoms with Gasteiger partial charge in [0.1, 0.15) is 30.9 Å². The Labute approximate surface area is 314 Å². The second-order valence-corrected chi connectivity index (χ2v) is 12.5. The quantitative estimate of drug-likeness (QED) is 0.111. The van der Waals surface area contributed by atoms with Crippen LogP contribution in [-0.4, -0.2) is 18.2 Å². The van der Waals surface area contributed by atoms with Gasteiger partial charge in [0, 0.05) is 22.1 Å². The molecule has 0 saturated heterocycles. The van der Waals surface area contributed by atoms with Crippen molar-refractivity contribution in [3.63, 3.8) is 0 Å². The molecule has 0 spiro atoms. The van der Waals surface area contributed by atoms with Crippen LogP contribution in [0.1, 0.15) is 18.1 Å². The lowest BCUT2D eigenvalue weighted by Crippen LogP contribution is -2.27. The van der Waals surface area contributed by atoms with Gasteiger partial charge < -0.3 is 9.47 Å². The van der Waals surface area contributed by atoms with E-state index in [0.717, 1.165) is 19.1 Å². The Hall–Kier alpha value is -6.40. The Morgan fingerprint density at radius 3 is 1.29 bits per heavy atom. The third-order valence-electron chi connectivity index (χ3n) is 8.35. The van der Waals surface area contributed by atoms with Crippen molar-refractivity contribution in [3.05, 3.63) is 113 Å². The van der Waals surface area contributed by atoms with E-state index in [1.807, 2.05) is 0 Å². The van der Waals surface area contributed by atoms with Gasteiger partial charge in [0.2, 0.25) is 34.8 Å². The third-order valence-corrected chi connectivity index (χ3v) is 9.24. The van der Waals surface area contributed by atoms with E-state index in [4.69, 9.17) is 13.1 Å². The molecule has 58 heavy (non-hydrogen) atoms. The summed E-state index contributed by atoms with van der Waals surface area (Å²) in [5, 5.41) is 16.7. The number of ether oxygens (including phenoxy) is 2. The van der Waals surface area contributed by atoms with Crippen molar-refractivity contribution >= 4 is 22.2 Å². The number of thioether (sulfide) groups is 1. The first kappa shape index (κ1) is 42.7. The van der Waals surface area contributed by atoms with Crippen LogP contribution in [0.5, 0.6) is 11.5 Å². The van der Waals surface area contributed by atoms with Gasteiger partial charge in [0.25, 0.3) is 0 Å². The normalized spacial score (nSPS) is 13.8. The van der Waals surface area contributed by atoms with Gasteiger partial charge in [-0.1, -0.05) is 0 Å². The zero-order valence-electron chi connectivity index (χ0n) is 27.4. The number of alkyl halides is 9. The van der Waals surface area contributed by atoms with Gasteiger partial charge in [-0.25, -0.2) is 17.6 Å². The zero-order valence-corrected chi connectivity index (χ0v) is 28.2. The third kappa shape index (κ3) is 7.08. The Balaban J connectivity index is 2.24. The van der Waals surface area contributed by atoms with Crippen molar-refractivity contribution in [1.82, 2.24) is 0 Å². The summed E-state index contributed by atoms with van der Waals surface area (Å²) in [6.45, 7) is 15.6. The van der Waals surface area contributed by atoms with E-state index in [1.165, 1.54) is 0 Å². The minimum Gasteiger partial charge on any atom is -0.399 e. The van der Waals surface area contributed by atoms with E-state index >= 15 is 35.1 Å². The fraction of sp³-hybridized carbons (Fsp3) is 0.176. The van der Waals surface area contributed by atoms with Crippen molar-refractivity contribution in [3.8, 4) is 45.9 Å². The molecule has 2 aliphatic rings. The minimum absolute atomic E-state index is 0.640. The molecule has 0 atom stereocenters. The summed E-state index contributed by atoms with van der Waals surface area (Å²) in [6, 6.07) is 2.32. The maximum absolute atomic E-state index is 16.1. The Morgan fingerprint density at radius 1 is 0.586 bits per heavy atom. The smallest absolute Gasteiger partial charge is 0.399 e. The highest BCUT2D eigenvalue weighted by Gasteiger charge is 2.45. The summed E-state index contributed by atoms with van der Waals surface area (Å²) in [5.74, 6) is -29.6. The van der Waals surface area contributed by atoms with Crippen LogP contribution in [0.4, 0.5) is 74.6 Å². The summed E-state index contributed by atoms with van der Waals surface area (Å²) < 4.78 is 252. The van der Waals surface area contributed by atoms with Crippen LogP contribution in [-0.2, 0) is 12.8 Å². The number of nitrogens with zero attached hydrogens (tertiary/aromatic N) is 4. The van der Waals surface area contributed by atoms with Crippen LogP contribution in [0.3, 0.4) is 0 Å². The molecular formula is C34H7F17N4O2S. The van der Waals surface area contributed by atoms with Crippen molar-refractivity contribution in [2.45, 2.75) is 38.0 Å². The van der Waals surface area contributed by atoms with E-state index in [0.29, 0.717) is 0 Å². The second-order valence-electron chi connectivity index (χ2n) is 11.4. The van der Waals surface area contributed by atoms with E-state index in [9.17, 15) is 50.0 Å². The van der Waals surface area contributed by atoms with E-state index in [-0.39, 0.29) is 0 Å². The van der Waals surface area contributed by atoms with Crippen molar-refractivity contribution in [1.29, 1.82) is 10.5 Å². The molecule has 0 aromatic heterocycles. The zero-order chi connectivity index (χ0) is 43.7. The molecule has 0 radical (unpaired) electrons. The maximum Gasteiger partial charge on any atom is 0.573 e. The van der Waals surface area contributed by atoms with Crippen LogP contribution in [0.15, 0.2) is 22.5 Å². The summed E-state index contributed by atoms with van der Waals surface area (Å²) >= 11 is -1.34. The number of fused-ring (bicyclic) bond motifs is 2. The second kappa shape index (κ2) is 14.5. The molecule has 0 unspecified atom stereocenters. The predicted octanol–water partition coefficient (Wildman–Crippen LogP) is 9.97. The predicted molar refractivity (Wildman–Crippen MR) is 162 cm³/mol. The topological polar surface area (TPSA) is 74.8 Å². The average molecular weight is 858 g/mol. The minimum atomic E-state index is -6.04. The lowest BCUT2D eigenvalue weighted by atomic mass is 9.86. The van der Waals surface area contributed by atoms with Gasteiger partial charge in [0.15, 0.2) is 23.3 Å². The van der Waals surface area contributed by atoms with Gasteiger partial charge in [-0.05, 0) is 58.2 Å². The number of nitriles is 2. The first-order chi connectivity index (χ1) is 26.7. The number of halogens is 17. The van der Waals surface area contributed by atoms with E-state index < -0.39 is 178 Å². The molecule has 0 heterocycles. The Kier molecular flexibility index (Phi) is 10.7. The molecule has 0 fully saturated rings. The average Bonchev–Trinajstić information content (AvgIpc) is 3.64. The monoisotopic (exact) mass is 858 g/mol. The first-order valence-corrected chi connectivity index (χ1v) is 15.5. The molecule has 0 bridgehead atoms. The SMILES string of the molecule is [C-]#[N+]C([N+]#[C-])=C1Cc2c(-c3c(F)c(F)c(OC(F)(F)F)c(F)c3F)c3c(c(-c4c(F)c(F)c(OC(F)(F)F)c(F)c4F)c2=C1C)CC(=C(C#N)C#N)C=3SC(F)(F)F. The Morgan fingerprint density at radius 2 is 0.948 bits per heavy atom. The lowest BCUT2D eigenvalue weighted by Gasteiger charge is -2.20. The molecule has 3 aromatic rings. The van der Waals surface area contributed by atoms with Crippen LogP contribution in [0, 0.1) is 82.3 Å². The molecule has 0 aliphatic heterocycles. The van der Waals surface area contributed by atoms with Gasteiger partial charge in [-0.2, -0.15) is 50.9 Å². The van der Waals surface area contributed by atoms with Crippen molar-refractivity contribution in [2.75, 3.05) is 0 Å². The molecule has 0 amide bonds. The largest absolute Gasteiger partial charge is 0.573 e. The number of hydrogen-bond donors (Lipinski definition) is 0. The highest BCUT2D eigenvalue weighted by molar-refractivity contribution is 8.09. The summed E-state index contributed by atoms with van der Waals surface area (Å²) in [5.41, 5.74) is -18.9. The molecule has 2 aliphatic carbocycles. The lowest BCUT2D eigenvalue weighted by molar-refractivity contribution is -0.277. The summed E-state index contributed by atoms with van der Waals surface area (Å²) in [7, 11) is 0. The van der Waals surface area contributed by atoms with Gasteiger partial charge in [-0.3, -0.25) is 0 Å². The van der Waals surface area contributed by atoms with Gasteiger partial charge in [-0.15, -0.1) is 26.3 Å².